The minimum atomic E-state index is -0.651. The smallest absolute Gasteiger partial charge is 0.316 e. The fourth-order valence-electron chi connectivity index (χ4n) is 3.56. The van der Waals surface area contributed by atoms with Gasteiger partial charge in [0.15, 0.2) is 0 Å². The number of carbonyl (C=O) groups excluding carboxylic acids is 2. The van der Waals surface area contributed by atoms with E-state index >= 15 is 0 Å². The van der Waals surface area contributed by atoms with Crippen LogP contribution in [-0.4, -0.2) is 25.0 Å². The molecule has 0 spiro atoms. The molecule has 5 N–H and O–H groups in total. The van der Waals surface area contributed by atoms with Gasteiger partial charge in [-0.15, -0.1) is 0 Å². The molecule has 2 aromatic rings. The Hall–Kier alpha value is -2.86. The average Bonchev–Trinajstić information content (AvgIpc) is 2.67. The van der Waals surface area contributed by atoms with Crippen molar-refractivity contribution in [3.63, 3.8) is 0 Å². The van der Waals surface area contributed by atoms with Crippen molar-refractivity contribution >= 4 is 17.6 Å². The number of amides is 3. The van der Waals surface area contributed by atoms with Gasteiger partial charge in [0.1, 0.15) is 6.54 Å². The summed E-state index contributed by atoms with van der Waals surface area (Å²) in [6, 6.07) is 14.4. The molecule has 0 atom stereocenters. The number of nitrogens with one attached hydrogen (secondary N) is 3. The number of hydrogen-bond acceptors (Lipinski definition) is 2. The summed E-state index contributed by atoms with van der Waals surface area (Å²) in [5.41, 5.74) is 8.56. The van der Waals surface area contributed by atoms with Crippen LogP contribution in [-0.2, 0) is 13.1 Å². The highest BCUT2D eigenvalue weighted by Crippen LogP contribution is 2.12. The monoisotopic (exact) mass is 367 g/mol. The van der Waals surface area contributed by atoms with E-state index in [1.54, 1.807) is 29.2 Å². The fourth-order valence-corrected chi connectivity index (χ4v) is 3.56. The van der Waals surface area contributed by atoms with E-state index in [0.29, 0.717) is 17.8 Å². The number of anilines is 1. The quantitative estimate of drug-likeness (QED) is 0.626. The molecule has 1 aliphatic rings. The maximum Gasteiger partial charge on any atom is 0.316 e. The standard InChI is InChI=1S/C21H26N4O2/c22-21(27)24-19-10-6-9-16(13-19)20(26)23-14-17-7-2-3-8-18(17)15-25-11-4-1-5-12-25/h2-3,6-10,13H,1,4-5,11-12,14-15H2,(H,23,26)(H3,22,24,27)/p+1. The second-order valence-corrected chi connectivity index (χ2v) is 7.01. The molecule has 1 fully saturated rings. The van der Waals surface area contributed by atoms with Crippen molar-refractivity contribution in [1.82, 2.24) is 5.32 Å². The number of piperidine rings is 1. The number of nitrogens with two attached hydrogens (primary N) is 1. The third-order valence-corrected chi connectivity index (χ3v) is 4.95. The molecule has 0 bridgehead atoms. The summed E-state index contributed by atoms with van der Waals surface area (Å²) < 4.78 is 0. The van der Waals surface area contributed by atoms with Crippen LogP contribution in [0.25, 0.3) is 0 Å². The van der Waals surface area contributed by atoms with Crippen LogP contribution in [0.2, 0.25) is 0 Å². The highest BCUT2D eigenvalue weighted by Gasteiger charge is 2.16. The second kappa shape index (κ2) is 9.19. The number of hydrogen-bond donors (Lipinski definition) is 4. The highest BCUT2D eigenvalue weighted by atomic mass is 16.2. The van der Waals surface area contributed by atoms with Crippen LogP contribution in [0.4, 0.5) is 10.5 Å². The molecule has 1 saturated heterocycles. The Labute approximate surface area is 159 Å². The first kappa shape index (κ1) is 18.9. The zero-order valence-corrected chi connectivity index (χ0v) is 15.5. The highest BCUT2D eigenvalue weighted by molar-refractivity contribution is 5.96. The molecule has 0 radical (unpaired) electrons. The third kappa shape index (κ3) is 5.56. The molecular weight excluding hydrogens is 340 g/mol. The predicted octanol–water partition coefficient (Wildman–Crippen LogP) is 1.68. The molecule has 2 aromatic carbocycles. The number of likely N-dealkylation sites (tertiary alicyclic amines) is 1. The van der Waals surface area contributed by atoms with Gasteiger partial charge in [-0.05, 0) is 43.0 Å². The summed E-state index contributed by atoms with van der Waals surface area (Å²) in [5, 5.41) is 5.47. The first-order valence-corrected chi connectivity index (χ1v) is 9.47. The lowest BCUT2D eigenvalue weighted by atomic mass is 10.0. The molecule has 0 aliphatic carbocycles. The molecular formula is C21H27N4O2+. The lowest BCUT2D eigenvalue weighted by molar-refractivity contribution is -0.918. The Morgan fingerprint density at radius 1 is 0.963 bits per heavy atom. The summed E-state index contributed by atoms with van der Waals surface area (Å²) in [5.74, 6) is -0.178. The Morgan fingerprint density at radius 3 is 2.44 bits per heavy atom. The van der Waals surface area contributed by atoms with Gasteiger partial charge in [0, 0.05) is 23.4 Å². The number of benzene rings is 2. The summed E-state index contributed by atoms with van der Waals surface area (Å²) in [7, 11) is 0. The van der Waals surface area contributed by atoms with Crippen molar-refractivity contribution in [3.8, 4) is 0 Å². The topological polar surface area (TPSA) is 88.7 Å². The van der Waals surface area contributed by atoms with Gasteiger partial charge < -0.3 is 21.3 Å². The van der Waals surface area contributed by atoms with Crippen molar-refractivity contribution in [3.05, 3.63) is 65.2 Å². The largest absolute Gasteiger partial charge is 0.351 e. The van der Waals surface area contributed by atoms with Crippen molar-refractivity contribution < 1.29 is 14.5 Å². The molecule has 3 amide bonds. The Bertz CT molecular complexity index is 800. The van der Waals surface area contributed by atoms with Crippen LogP contribution in [0.15, 0.2) is 48.5 Å². The van der Waals surface area contributed by atoms with Gasteiger partial charge in [0.2, 0.25) is 0 Å². The normalized spacial score (nSPS) is 14.5. The van der Waals surface area contributed by atoms with E-state index in [0.717, 1.165) is 12.1 Å². The maximum absolute atomic E-state index is 12.5. The van der Waals surface area contributed by atoms with Gasteiger partial charge in [0.05, 0.1) is 13.1 Å². The number of rotatable bonds is 6. The molecule has 3 rings (SSSR count). The zero-order valence-electron chi connectivity index (χ0n) is 15.5. The molecule has 6 nitrogen and oxygen atoms in total. The number of carbonyl (C=O) groups is 2. The van der Waals surface area contributed by atoms with Gasteiger partial charge >= 0.3 is 6.03 Å². The zero-order chi connectivity index (χ0) is 19.1. The van der Waals surface area contributed by atoms with E-state index in [-0.39, 0.29) is 5.91 Å². The number of quaternary nitrogens is 1. The molecule has 6 heteroatoms. The summed E-state index contributed by atoms with van der Waals surface area (Å²) >= 11 is 0. The first-order valence-electron chi connectivity index (χ1n) is 9.47. The van der Waals surface area contributed by atoms with Crippen LogP contribution in [0.5, 0.6) is 0 Å². The van der Waals surface area contributed by atoms with E-state index in [1.807, 2.05) is 6.07 Å². The molecule has 0 aromatic heterocycles. The Kier molecular flexibility index (Phi) is 6.44. The lowest BCUT2D eigenvalue weighted by Crippen LogP contribution is -3.11. The minimum absolute atomic E-state index is 0.178. The van der Waals surface area contributed by atoms with Crippen LogP contribution in [0, 0.1) is 0 Å². The van der Waals surface area contributed by atoms with Crippen LogP contribution in [0.1, 0.15) is 40.7 Å². The Balaban J connectivity index is 1.62. The first-order chi connectivity index (χ1) is 13.1. The van der Waals surface area contributed by atoms with Crippen LogP contribution < -0.4 is 21.3 Å². The van der Waals surface area contributed by atoms with Gasteiger partial charge in [0.25, 0.3) is 5.91 Å². The number of urea groups is 1. The summed E-state index contributed by atoms with van der Waals surface area (Å²) in [6.45, 7) is 3.93. The molecule has 1 aliphatic heterocycles. The minimum Gasteiger partial charge on any atom is -0.351 e. The van der Waals surface area contributed by atoms with E-state index in [4.69, 9.17) is 5.73 Å². The fraction of sp³-hybridized carbons (Fsp3) is 0.333. The van der Waals surface area contributed by atoms with Crippen molar-refractivity contribution in [1.29, 1.82) is 0 Å². The molecule has 27 heavy (non-hydrogen) atoms. The van der Waals surface area contributed by atoms with Gasteiger partial charge in [-0.2, -0.15) is 0 Å². The third-order valence-electron chi connectivity index (χ3n) is 4.95. The molecule has 0 unspecified atom stereocenters. The summed E-state index contributed by atoms with van der Waals surface area (Å²) in [4.78, 5) is 25.1. The van der Waals surface area contributed by atoms with Gasteiger partial charge in [-0.1, -0.05) is 30.3 Å². The van der Waals surface area contributed by atoms with Crippen LogP contribution in [0.3, 0.4) is 0 Å². The second-order valence-electron chi connectivity index (χ2n) is 7.01. The van der Waals surface area contributed by atoms with E-state index in [1.165, 1.54) is 37.9 Å². The molecule has 1 heterocycles. The Morgan fingerprint density at radius 2 is 1.70 bits per heavy atom. The molecule has 0 saturated carbocycles. The van der Waals surface area contributed by atoms with Crippen LogP contribution >= 0.6 is 0 Å². The number of primary amides is 1. The van der Waals surface area contributed by atoms with Gasteiger partial charge in [-0.25, -0.2) is 4.79 Å². The lowest BCUT2D eigenvalue weighted by Gasteiger charge is -2.24. The maximum atomic E-state index is 12.5. The van der Waals surface area contributed by atoms with E-state index in [2.05, 4.69) is 28.8 Å². The predicted molar refractivity (Wildman–Crippen MR) is 106 cm³/mol. The molecule has 142 valence electrons. The average molecular weight is 367 g/mol. The van der Waals surface area contributed by atoms with E-state index < -0.39 is 6.03 Å². The van der Waals surface area contributed by atoms with Gasteiger partial charge in [-0.3, -0.25) is 4.79 Å². The van der Waals surface area contributed by atoms with Crippen molar-refractivity contribution in [2.45, 2.75) is 32.4 Å². The summed E-state index contributed by atoms with van der Waals surface area (Å²) in [6.07, 6.45) is 3.93. The SMILES string of the molecule is NC(=O)Nc1cccc(C(=O)NCc2ccccc2C[NH+]2CCCCC2)c1. The van der Waals surface area contributed by atoms with Crippen molar-refractivity contribution in [2.24, 2.45) is 5.73 Å². The van der Waals surface area contributed by atoms with E-state index in [9.17, 15) is 9.59 Å². The van der Waals surface area contributed by atoms with Crippen molar-refractivity contribution in [2.75, 3.05) is 18.4 Å².